The van der Waals surface area contributed by atoms with Crippen LogP contribution in [-0.2, 0) is 9.63 Å². The normalized spacial score (nSPS) is 16.5. The summed E-state index contributed by atoms with van der Waals surface area (Å²) in [5.41, 5.74) is 3.23. The molecule has 0 bridgehead atoms. The molecule has 1 heterocycles. The molecule has 1 aliphatic rings. The smallest absolute Gasteiger partial charge is 0.268 e. The summed E-state index contributed by atoms with van der Waals surface area (Å²) in [6.07, 6.45) is -0.646. The molecule has 1 atom stereocenters. The SMILES string of the molecule is Cc1ccc(C)c(NC(=O)C2CC(c3c(F)cccc3Cl)=NO2)c1. The van der Waals surface area contributed by atoms with Gasteiger partial charge in [-0.3, -0.25) is 4.79 Å². The summed E-state index contributed by atoms with van der Waals surface area (Å²) in [5.74, 6) is -0.810. The predicted molar refractivity (Wildman–Crippen MR) is 92.0 cm³/mol. The zero-order chi connectivity index (χ0) is 17.3. The second-order valence-corrected chi connectivity index (χ2v) is 6.15. The van der Waals surface area contributed by atoms with Crippen molar-refractivity contribution in [1.29, 1.82) is 0 Å². The van der Waals surface area contributed by atoms with E-state index in [9.17, 15) is 9.18 Å². The van der Waals surface area contributed by atoms with E-state index in [1.54, 1.807) is 6.07 Å². The maximum Gasteiger partial charge on any atom is 0.268 e. The summed E-state index contributed by atoms with van der Waals surface area (Å²) in [7, 11) is 0. The lowest BCUT2D eigenvalue weighted by Crippen LogP contribution is -2.28. The van der Waals surface area contributed by atoms with Gasteiger partial charge < -0.3 is 10.2 Å². The summed E-state index contributed by atoms with van der Waals surface area (Å²) in [5, 5.41) is 6.92. The molecule has 1 aliphatic heterocycles. The third-order valence-corrected chi connectivity index (χ3v) is 4.18. The first-order valence-corrected chi connectivity index (χ1v) is 7.88. The quantitative estimate of drug-likeness (QED) is 0.904. The second-order valence-electron chi connectivity index (χ2n) is 5.74. The summed E-state index contributed by atoms with van der Waals surface area (Å²) >= 11 is 6.03. The van der Waals surface area contributed by atoms with Crippen LogP contribution in [-0.4, -0.2) is 17.7 Å². The minimum Gasteiger partial charge on any atom is -0.382 e. The van der Waals surface area contributed by atoms with Crippen LogP contribution in [0.4, 0.5) is 10.1 Å². The lowest BCUT2D eigenvalue weighted by molar-refractivity contribution is -0.125. The van der Waals surface area contributed by atoms with Crippen molar-refractivity contribution in [2.24, 2.45) is 5.16 Å². The Morgan fingerprint density at radius 2 is 2.12 bits per heavy atom. The maximum absolute atomic E-state index is 14.0. The van der Waals surface area contributed by atoms with E-state index in [2.05, 4.69) is 10.5 Å². The Bertz CT molecular complexity index is 816. The molecule has 6 heteroatoms. The molecule has 3 rings (SSSR count). The van der Waals surface area contributed by atoms with Crippen LogP contribution < -0.4 is 5.32 Å². The van der Waals surface area contributed by atoms with Crippen molar-refractivity contribution in [2.45, 2.75) is 26.4 Å². The zero-order valence-corrected chi connectivity index (χ0v) is 14.0. The number of nitrogens with zero attached hydrogens (tertiary/aromatic N) is 1. The van der Waals surface area contributed by atoms with Gasteiger partial charge in [0.15, 0.2) is 0 Å². The highest BCUT2D eigenvalue weighted by Gasteiger charge is 2.31. The van der Waals surface area contributed by atoms with E-state index in [4.69, 9.17) is 16.4 Å². The molecule has 24 heavy (non-hydrogen) atoms. The minimum absolute atomic E-state index is 0.164. The van der Waals surface area contributed by atoms with E-state index in [-0.39, 0.29) is 22.9 Å². The number of aryl methyl sites for hydroxylation is 2. The van der Waals surface area contributed by atoms with Crippen molar-refractivity contribution < 1.29 is 14.0 Å². The van der Waals surface area contributed by atoms with Gasteiger partial charge in [0, 0.05) is 12.1 Å². The molecular weight excluding hydrogens is 331 g/mol. The van der Waals surface area contributed by atoms with Gasteiger partial charge in [0.05, 0.1) is 16.3 Å². The number of rotatable bonds is 3. The fourth-order valence-electron chi connectivity index (χ4n) is 2.52. The molecule has 0 saturated heterocycles. The highest BCUT2D eigenvalue weighted by molar-refractivity contribution is 6.34. The van der Waals surface area contributed by atoms with E-state index in [1.807, 2.05) is 32.0 Å². The average Bonchev–Trinajstić information content (AvgIpc) is 3.00. The number of carbonyl (C=O) groups excluding carboxylic acids is 1. The molecule has 2 aromatic carbocycles. The van der Waals surface area contributed by atoms with Crippen LogP contribution in [0.2, 0.25) is 5.02 Å². The van der Waals surface area contributed by atoms with Crippen LogP contribution in [0.1, 0.15) is 23.1 Å². The van der Waals surface area contributed by atoms with Gasteiger partial charge in [-0.1, -0.05) is 35.0 Å². The lowest BCUT2D eigenvalue weighted by Gasteiger charge is -2.12. The van der Waals surface area contributed by atoms with Crippen molar-refractivity contribution in [3.8, 4) is 0 Å². The second kappa shape index (κ2) is 6.61. The molecule has 2 aromatic rings. The zero-order valence-electron chi connectivity index (χ0n) is 13.3. The largest absolute Gasteiger partial charge is 0.382 e. The summed E-state index contributed by atoms with van der Waals surface area (Å²) < 4.78 is 14.0. The third-order valence-electron chi connectivity index (χ3n) is 3.86. The van der Waals surface area contributed by atoms with Crippen molar-refractivity contribution in [3.63, 3.8) is 0 Å². The molecule has 1 N–H and O–H groups in total. The number of nitrogens with one attached hydrogen (secondary N) is 1. The molecule has 1 amide bonds. The van der Waals surface area contributed by atoms with Crippen molar-refractivity contribution in [3.05, 3.63) is 63.9 Å². The van der Waals surface area contributed by atoms with Gasteiger partial charge in [0.2, 0.25) is 6.10 Å². The van der Waals surface area contributed by atoms with Gasteiger partial charge in [0.25, 0.3) is 5.91 Å². The highest BCUT2D eigenvalue weighted by atomic mass is 35.5. The van der Waals surface area contributed by atoms with Gasteiger partial charge in [-0.25, -0.2) is 4.39 Å². The number of amides is 1. The summed E-state index contributed by atoms with van der Waals surface area (Å²) in [6.45, 7) is 3.86. The van der Waals surface area contributed by atoms with Crippen LogP contribution in [0.15, 0.2) is 41.6 Å². The van der Waals surface area contributed by atoms with Gasteiger partial charge >= 0.3 is 0 Å². The molecular formula is C18H16ClFN2O2. The van der Waals surface area contributed by atoms with E-state index < -0.39 is 11.9 Å². The summed E-state index contributed by atoms with van der Waals surface area (Å²) in [6, 6.07) is 10.2. The number of anilines is 1. The van der Waals surface area contributed by atoms with Crippen molar-refractivity contribution >= 4 is 28.9 Å². The van der Waals surface area contributed by atoms with Gasteiger partial charge in [-0.15, -0.1) is 0 Å². The molecule has 0 aliphatic carbocycles. The maximum atomic E-state index is 14.0. The fourth-order valence-corrected chi connectivity index (χ4v) is 2.79. The Morgan fingerprint density at radius 3 is 2.88 bits per heavy atom. The molecule has 124 valence electrons. The van der Waals surface area contributed by atoms with E-state index in [1.165, 1.54) is 12.1 Å². The Hall–Kier alpha value is -2.40. The number of halogens is 2. The average molecular weight is 347 g/mol. The molecule has 0 saturated carbocycles. The Balaban J connectivity index is 1.73. The number of hydrogen-bond acceptors (Lipinski definition) is 3. The lowest BCUT2D eigenvalue weighted by atomic mass is 10.0. The Morgan fingerprint density at radius 1 is 1.33 bits per heavy atom. The fraction of sp³-hybridized carbons (Fsp3) is 0.222. The molecule has 4 nitrogen and oxygen atoms in total. The van der Waals surface area contributed by atoms with Crippen LogP contribution in [0, 0.1) is 19.7 Å². The van der Waals surface area contributed by atoms with Gasteiger partial charge in [-0.2, -0.15) is 0 Å². The van der Waals surface area contributed by atoms with E-state index in [0.29, 0.717) is 5.71 Å². The van der Waals surface area contributed by atoms with Gasteiger partial charge in [-0.05, 0) is 43.2 Å². The van der Waals surface area contributed by atoms with Crippen LogP contribution in [0.3, 0.4) is 0 Å². The molecule has 0 fully saturated rings. The number of carbonyl (C=O) groups is 1. The summed E-state index contributed by atoms with van der Waals surface area (Å²) in [4.78, 5) is 17.6. The number of oxime groups is 1. The predicted octanol–water partition coefficient (Wildman–Crippen LogP) is 4.23. The van der Waals surface area contributed by atoms with Crippen LogP contribution in [0.25, 0.3) is 0 Å². The Kier molecular flexibility index (Phi) is 4.53. The molecule has 1 unspecified atom stereocenters. The minimum atomic E-state index is -0.810. The van der Waals surface area contributed by atoms with Crippen LogP contribution >= 0.6 is 11.6 Å². The van der Waals surface area contributed by atoms with Gasteiger partial charge in [0.1, 0.15) is 5.82 Å². The topological polar surface area (TPSA) is 50.7 Å². The van der Waals surface area contributed by atoms with Crippen LogP contribution in [0.5, 0.6) is 0 Å². The standard InChI is InChI=1S/C18H16ClFN2O2/c1-10-6-7-11(2)14(8-10)21-18(23)16-9-15(22-24-16)17-12(19)4-3-5-13(17)20/h3-8,16H,9H2,1-2H3,(H,21,23). The van der Waals surface area contributed by atoms with E-state index in [0.717, 1.165) is 16.8 Å². The first-order valence-electron chi connectivity index (χ1n) is 7.51. The molecule has 0 aromatic heterocycles. The highest BCUT2D eigenvalue weighted by Crippen LogP contribution is 2.26. The number of benzene rings is 2. The van der Waals surface area contributed by atoms with Crippen molar-refractivity contribution in [2.75, 3.05) is 5.32 Å². The monoisotopic (exact) mass is 346 g/mol. The molecule has 0 radical (unpaired) electrons. The van der Waals surface area contributed by atoms with E-state index >= 15 is 0 Å². The van der Waals surface area contributed by atoms with Crippen molar-refractivity contribution in [1.82, 2.24) is 0 Å². The first kappa shape index (κ1) is 16.5. The third kappa shape index (κ3) is 3.26. The first-order chi connectivity index (χ1) is 11.5. The number of hydrogen-bond donors (Lipinski definition) is 1. The Labute approximate surface area is 144 Å². The molecule has 0 spiro atoms.